The number of carbonyl (C=O) groups is 1. The fraction of sp³-hybridized carbons (Fsp3) is 0.304. The molecule has 0 N–H and O–H groups in total. The molecule has 158 valence electrons. The fourth-order valence-electron chi connectivity index (χ4n) is 3.10. The smallest absolute Gasteiger partial charge is 0.359 e. The molecule has 0 bridgehead atoms. The lowest BCUT2D eigenvalue weighted by Crippen LogP contribution is -2.08. The summed E-state index contributed by atoms with van der Waals surface area (Å²) in [5, 5.41) is 5.49. The first-order valence-electron chi connectivity index (χ1n) is 9.91. The van der Waals surface area contributed by atoms with Gasteiger partial charge in [-0.15, -0.1) is 0 Å². The van der Waals surface area contributed by atoms with Crippen LogP contribution in [-0.4, -0.2) is 29.0 Å². The molecular weight excluding hydrogens is 423 g/mol. The Bertz CT molecular complexity index is 1030. The summed E-state index contributed by atoms with van der Waals surface area (Å²) >= 11 is 12.5. The van der Waals surface area contributed by atoms with Crippen LogP contribution in [-0.2, 0) is 4.74 Å². The van der Waals surface area contributed by atoms with E-state index in [1.165, 1.54) is 0 Å². The quantitative estimate of drug-likeness (QED) is 0.292. The molecule has 2 aromatic carbocycles. The number of carbonyl (C=O) groups excluding carboxylic acids is 1. The van der Waals surface area contributed by atoms with Gasteiger partial charge in [0.2, 0.25) is 0 Å². The third-order valence-electron chi connectivity index (χ3n) is 4.62. The number of hydrogen-bond donors (Lipinski definition) is 0. The van der Waals surface area contributed by atoms with Crippen LogP contribution in [0.2, 0.25) is 10.0 Å². The number of nitrogens with zero attached hydrogens (tertiary/aromatic N) is 2. The van der Waals surface area contributed by atoms with Crippen LogP contribution in [0.1, 0.15) is 42.7 Å². The minimum absolute atomic E-state index is 0.251. The van der Waals surface area contributed by atoms with Crippen LogP contribution >= 0.6 is 23.2 Å². The zero-order valence-corrected chi connectivity index (χ0v) is 18.8. The normalized spacial score (nSPS) is 10.8. The molecule has 0 aliphatic heterocycles. The number of aromatic nitrogens is 2. The van der Waals surface area contributed by atoms with E-state index in [9.17, 15) is 4.79 Å². The Balaban J connectivity index is 2.08. The second-order valence-electron chi connectivity index (χ2n) is 6.78. The van der Waals surface area contributed by atoms with E-state index in [1.54, 1.807) is 29.8 Å². The lowest BCUT2D eigenvalue weighted by atomic mass is 10.1. The Kier molecular flexibility index (Phi) is 7.40. The van der Waals surface area contributed by atoms with Crippen molar-refractivity contribution in [2.45, 2.75) is 33.6 Å². The van der Waals surface area contributed by atoms with Crippen LogP contribution in [0.25, 0.3) is 16.9 Å². The Morgan fingerprint density at radius 1 is 1.10 bits per heavy atom. The molecule has 7 heteroatoms. The molecule has 0 radical (unpaired) electrons. The molecule has 0 aliphatic carbocycles. The largest absolute Gasteiger partial charge is 0.494 e. The van der Waals surface area contributed by atoms with Crippen LogP contribution in [0.4, 0.5) is 0 Å². The van der Waals surface area contributed by atoms with Gasteiger partial charge in [0.15, 0.2) is 5.69 Å². The summed E-state index contributed by atoms with van der Waals surface area (Å²) in [6, 6.07) is 12.9. The third-order valence-corrected chi connectivity index (χ3v) is 5.16. The van der Waals surface area contributed by atoms with Gasteiger partial charge in [0.05, 0.1) is 29.6 Å². The van der Waals surface area contributed by atoms with Crippen molar-refractivity contribution in [3.63, 3.8) is 0 Å². The second kappa shape index (κ2) is 10.0. The van der Waals surface area contributed by atoms with E-state index >= 15 is 0 Å². The first-order valence-corrected chi connectivity index (χ1v) is 10.7. The van der Waals surface area contributed by atoms with Gasteiger partial charge in [0.1, 0.15) is 5.75 Å². The standard InChI is InChI=1S/C23H24Cl2N2O3/c1-4-6-13-30-18-10-7-16(8-11-18)22-15(3)21(23(28)29-5-2)26-27(22)20-12-9-17(24)14-19(20)25/h7-12,14H,4-6,13H2,1-3H3. The van der Waals surface area contributed by atoms with Crippen molar-refractivity contribution in [1.29, 1.82) is 0 Å². The van der Waals surface area contributed by atoms with E-state index in [1.807, 2.05) is 31.2 Å². The van der Waals surface area contributed by atoms with Crippen LogP contribution < -0.4 is 4.74 Å². The van der Waals surface area contributed by atoms with Crippen LogP contribution in [0, 0.1) is 6.92 Å². The van der Waals surface area contributed by atoms with Gasteiger partial charge < -0.3 is 9.47 Å². The maximum absolute atomic E-state index is 12.5. The number of hydrogen-bond acceptors (Lipinski definition) is 4. The second-order valence-corrected chi connectivity index (χ2v) is 7.62. The fourth-order valence-corrected chi connectivity index (χ4v) is 3.59. The Hall–Kier alpha value is -2.50. The van der Waals surface area contributed by atoms with Gasteiger partial charge in [0.25, 0.3) is 0 Å². The van der Waals surface area contributed by atoms with Crippen LogP contribution in [0.15, 0.2) is 42.5 Å². The maximum atomic E-state index is 12.5. The lowest BCUT2D eigenvalue weighted by Gasteiger charge is -2.12. The van der Waals surface area contributed by atoms with Gasteiger partial charge in [-0.05, 0) is 62.7 Å². The van der Waals surface area contributed by atoms with Crippen LogP contribution in [0.3, 0.4) is 0 Å². The predicted molar refractivity (Wildman–Crippen MR) is 120 cm³/mol. The minimum atomic E-state index is -0.473. The molecule has 0 amide bonds. The highest BCUT2D eigenvalue weighted by Gasteiger charge is 2.24. The topological polar surface area (TPSA) is 53.4 Å². The van der Waals surface area contributed by atoms with Gasteiger partial charge in [-0.1, -0.05) is 36.5 Å². The molecule has 1 aromatic heterocycles. The molecule has 3 rings (SSSR count). The predicted octanol–water partition coefficient (Wildman–Crippen LogP) is 6.51. The maximum Gasteiger partial charge on any atom is 0.359 e. The average Bonchev–Trinajstić information content (AvgIpc) is 3.06. The monoisotopic (exact) mass is 446 g/mol. The molecule has 30 heavy (non-hydrogen) atoms. The number of unbranched alkanes of at least 4 members (excludes halogenated alkanes) is 1. The highest BCUT2D eigenvalue weighted by Crippen LogP contribution is 2.33. The summed E-state index contributed by atoms with van der Waals surface area (Å²) in [5.74, 6) is 0.325. The number of benzene rings is 2. The number of ether oxygens (including phenoxy) is 2. The summed E-state index contributed by atoms with van der Waals surface area (Å²) < 4.78 is 12.6. The zero-order valence-electron chi connectivity index (χ0n) is 17.2. The van der Waals surface area contributed by atoms with E-state index in [0.717, 1.165) is 29.8 Å². The van der Waals surface area contributed by atoms with Crippen LogP contribution in [0.5, 0.6) is 5.75 Å². The molecule has 1 heterocycles. The molecule has 0 saturated carbocycles. The molecule has 0 fully saturated rings. The summed E-state index contributed by atoms with van der Waals surface area (Å²) in [4.78, 5) is 12.5. The van der Waals surface area contributed by atoms with Crippen molar-refractivity contribution < 1.29 is 14.3 Å². The van der Waals surface area contributed by atoms with Gasteiger partial charge in [-0.25, -0.2) is 9.48 Å². The van der Waals surface area contributed by atoms with Crippen molar-refractivity contribution in [2.24, 2.45) is 0 Å². The Morgan fingerprint density at radius 3 is 2.47 bits per heavy atom. The van der Waals surface area contributed by atoms with Crippen molar-refractivity contribution in [3.05, 3.63) is 63.8 Å². The number of esters is 1. The number of halogens is 2. The van der Waals surface area contributed by atoms with E-state index in [4.69, 9.17) is 32.7 Å². The average molecular weight is 447 g/mol. The number of rotatable bonds is 8. The van der Waals surface area contributed by atoms with Gasteiger partial charge in [0, 0.05) is 16.1 Å². The highest BCUT2D eigenvalue weighted by atomic mass is 35.5. The molecule has 0 unspecified atom stereocenters. The Morgan fingerprint density at radius 2 is 1.83 bits per heavy atom. The summed E-state index contributed by atoms with van der Waals surface area (Å²) in [6.07, 6.45) is 2.08. The molecular formula is C23H24Cl2N2O3. The van der Waals surface area contributed by atoms with Crippen molar-refractivity contribution >= 4 is 29.2 Å². The summed E-state index contributed by atoms with van der Waals surface area (Å²) in [7, 11) is 0. The summed E-state index contributed by atoms with van der Waals surface area (Å²) in [6.45, 7) is 6.69. The van der Waals surface area contributed by atoms with Crippen molar-refractivity contribution in [1.82, 2.24) is 9.78 Å². The Labute approximate surface area is 186 Å². The van der Waals surface area contributed by atoms with Gasteiger partial charge in [-0.3, -0.25) is 0 Å². The zero-order chi connectivity index (χ0) is 21.7. The first-order chi connectivity index (χ1) is 14.5. The highest BCUT2D eigenvalue weighted by molar-refractivity contribution is 6.35. The van der Waals surface area contributed by atoms with Gasteiger partial charge >= 0.3 is 5.97 Å². The SMILES string of the molecule is CCCCOc1ccc(-c2c(C)c(C(=O)OCC)nn2-c2ccc(Cl)cc2Cl)cc1. The molecule has 3 aromatic rings. The van der Waals surface area contributed by atoms with Crippen molar-refractivity contribution in [2.75, 3.05) is 13.2 Å². The molecule has 0 spiro atoms. The molecule has 0 aliphatic rings. The minimum Gasteiger partial charge on any atom is -0.494 e. The van der Waals surface area contributed by atoms with Crippen molar-refractivity contribution in [3.8, 4) is 22.7 Å². The summed E-state index contributed by atoms with van der Waals surface area (Å²) in [5.41, 5.74) is 3.21. The molecule has 0 atom stereocenters. The van der Waals surface area contributed by atoms with E-state index in [-0.39, 0.29) is 12.3 Å². The van der Waals surface area contributed by atoms with Gasteiger partial charge in [-0.2, -0.15) is 5.10 Å². The lowest BCUT2D eigenvalue weighted by molar-refractivity contribution is 0.0518. The van der Waals surface area contributed by atoms with E-state index in [0.29, 0.717) is 27.9 Å². The first kappa shape index (κ1) is 22.2. The van der Waals surface area contributed by atoms with E-state index < -0.39 is 5.97 Å². The third kappa shape index (κ3) is 4.79. The van der Waals surface area contributed by atoms with E-state index in [2.05, 4.69) is 12.0 Å². The molecule has 0 saturated heterocycles. The molecule has 5 nitrogen and oxygen atoms in total.